The molecule has 0 saturated heterocycles. The van der Waals surface area contributed by atoms with Gasteiger partial charge in [0.2, 0.25) is 11.8 Å². The van der Waals surface area contributed by atoms with E-state index in [1.807, 2.05) is 30.3 Å². The van der Waals surface area contributed by atoms with Crippen LogP contribution in [0, 0.1) is 0 Å². The summed E-state index contributed by atoms with van der Waals surface area (Å²) < 4.78 is 5.97. The van der Waals surface area contributed by atoms with E-state index in [1.54, 1.807) is 0 Å². The van der Waals surface area contributed by atoms with Crippen molar-refractivity contribution < 1.29 is 4.42 Å². The minimum absolute atomic E-state index is 0.0539. The SMILES string of the molecule is CC(C)(C)c1cc(-c2nnc(-c3ccccc3)o2)cc(C(C)(C)C)c1. The Labute approximate surface area is 150 Å². The largest absolute Gasteiger partial charge is 0.416 e. The summed E-state index contributed by atoms with van der Waals surface area (Å²) in [7, 11) is 0. The van der Waals surface area contributed by atoms with Crippen LogP contribution in [0.5, 0.6) is 0 Å². The van der Waals surface area contributed by atoms with Crippen molar-refractivity contribution in [3.8, 4) is 22.9 Å². The van der Waals surface area contributed by atoms with E-state index < -0.39 is 0 Å². The maximum atomic E-state index is 5.97. The number of hydrogen-bond acceptors (Lipinski definition) is 3. The summed E-state index contributed by atoms with van der Waals surface area (Å²) in [5, 5.41) is 8.52. The molecule has 3 heteroatoms. The van der Waals surface area contributed by atoms with Gasteiger partial charge in [-0.3, -0.25) is 0 Å². The predicted octanol–water partition coefficient (Wildman–Crippen LogP) is 6.00. The van der Waals surface area contributed by atoms with Gasteiger partial charge in [-0.1, -0.05) is 65.8 Å². The molecule has 0 fully saturated rings. The Morgan fingerprint density at radius 2 is 1.12 bits per heavy atom. The summed E-state index contributed by atoms with van der Waals surface area (Å²) in [6.45, 7) is 13.3. The highest BCUT2D eigenvalue weighted by atomic mass is 16.4. The summed E-state index contributed by atoms with van der Waals surface area (Å²) in [5.41, 5.74) is 4.57. The number of rotatable bonds is 2. The van der Waals surface area contributed by atoms with E-state index in [2.05, 4.69) is 69.9 Å². The quantitative estimate of drug-likeness (QED) is 0.577. The summed E-state index contributed by atoms with van der Waals surface area (Å²) >= 11 is 0. The highest BCUT2D eigenvalue weighted by molar-refractivity contribution is 5.60. The Bertz CT molecular complexity index is 833. The Kier molecular flexibility index (Phi) is 4.28. The first-order valence-corrected chi connectivity index (χ1v) is 8.70. The third kappa shape index (κ3) is 3.81. The van der Waals surface area contributed by atoms with E-state index >= 15 is 0 Å². The monoisotopic (exact) mass is 334 g/mol. The second kappa shape index (κ2) is 6.14. The molecule has 3 rings (SSSR count). The molecule has 3 nitrogen and oxygen atoms in total. The zero-order valence-corrected chi connectivity index (χ0v) is 15.9. The Morgan fingerprint density at radius 1 is 0.640 bits per heavy atom. The third-order valence-corrected chi connectivity index (χ3v) is 4.36. The number of hydrogen-bond donors (Lipinski definition) is 0. The normalized spacial score (nSPS) is 12.4. The second-order valence-electron chi connectivity index (χ2n) is 8.58. The van der Waals surface area contributed by atoms with Gasteiger partial charge in [-0.2, -0.15) is 0 Å². The first-order valence-electron chi connectivity index (χ1n) is 8.70. The van der Waals surface area contributed by atoms with Crippen LogP contribution < -0.4 is 0 Å². The number of aromatic nitrogens is 2. The molecule has 0 aliphatic heterocycles. The molecule has 0 amide bonds. The molecule has 130 valence electrons. The van der Waals surface area contributed by atoms with Gasteiger partial charge in [0.25, 0.3) is 0 Å². The summed E-state index contributed by atoms with van der Waals surface area (Å²) in [6.07, 6.45) is 0. The predicted molar refractivity (Wildman–Crippen MR) is 103 cm³/mol. The van der Waals surface area contributed by atoms with Crippen molar-refractivity contribution in [3.05, 3.63) is 59.7 Å². The van der Waals surface area contributed by atoms with Crippen molar-refractivity contribution in [3.63, 3.8) is 0 Å². The molecule has 1 aromatic heterocycles. The molecule has 0 bridgehead atoms. The molecular formula is C22H26N2O. The van der Waals surface area contributed by atoms with E-state index in [-0.39, 0.29) is 10.8 Å². The standard InChI is InChI=1S/C22H26N2O/c1-21(2,3)17-12-16(13-18(14-17)22(4,5)6)20-24-23-19(25-20)15-10-8-7-9-11-15/h7-14H,1-6H3. The van der Waals surface area contributed by atoms with Gasteiger partial charge in [-0.05, 0) is 46.2 Å². The van der Waals surface area contributed by atoms with Crippen LogP contribution in [0.15, 0.2) is 52.9 Å². The lowest BCUT2D eigenvalue weighted by Crippen LogP contribution is -2.16. The smallest absolute Gasteiger partial charge is 0.248 e. The fourth-order valence-corrected chi connectivity index (χ4v) is 2.65. The van der Waals surface area contributed by atoms with Gasteiger partial charge in [0, 0.05) is 11.1 Å². The highest BCUT2D eigenvalue weighted by Gasteiger charge is 2.22. The van der Waals surface area contributed by atoms with E-state index in [0.717, 1.165) is 11.1 Å². The summed E-state index contributed by atoms with van der Waals surface area (Å²) in [5.74, 6) is 1.12. The maximum Gasteiger partial charge on any atom is 0.248 e. The van der Waals surface area contributed by atoms with Crippen LogP contribution in [0.2, 0.25) is 0 Å². The van der Waals surface area contributed by atoms with Crippen LogP contribution in [0.1, 0.15) is 52.7 Å². The average molecular weight is 334 g/mol. The van der Waals surface area contributed by atoms with Gasteiger partial charge in [-0.15, -0.1) is 10.2 Å². The van der Waals surface area contributed by atoms with E-state index in [0.29, 0.717) is 11.8 Å². The number of benzene rings is 2. The second-order valence-corrected chi connectivity index (χ2v) is 8.58. The lowest BCUT2D eigenvalue weighted by Gasteiger charge is -2.25. The summed E-state index contributed by atoms with van der Waals surface area (Å²) in [4.78, 5) is 0. The fourth-order valence-electron chi connectivity index (χ4n) is 2.65. The third-order valence-electron chi connectivity index (χ3n) is 4.36. The average Bonchev–Trinajstić information content (AvgIpc) is 3.04. The molecule has 0 spiro atoms. The lowest BCUT2D eigenvalue weighted by atomic mass is 9.79. The van der Waals surface area contributed by atoms with Gasteiger partial charge in [-0.25, -0.2) is 0 Å². The van der Waals surface area contributed by atoms with E-state index in [4.69, 9.17) is 4.42 Å². The van der Waals surface area contributed by atoms with Crippen molar-refractivity contribution in [1.29, 1.82) is 0 Å². The molecule has 0 unspecified atom stereocenters. The minimum Gasteiger partial charge on any atom is -0.416 e. The lowest BCUT2D eigenvalue weighted by molar-refractivity contribution is 0.564. The van der Waals surface area contributed by atoms with Crippen LogP contribution in [0.3, 0.4) is 0 Å². The topological polar surface area (TPSA) is 38.9 Å². The minimum atomic E-state index is 0.0539. The van der Waals surface area contributed by atoms with E-state index in [1.165, 1.54) is 11.1 Å². The van der Waals surface area contributed by atoms with Gasteiger partial charge >= 0.3 is 0 Å². The van der Waals surface area contributed by atoms with Crippen molar-refractivity contribution in [2.24, 2.45) is 0 Å². The Morgan fingerprint density at radius 3 is 1.60 bits per heavy atom. The molecule has 2 aromatic carbocycles. The first-order chi connectivity index (χ1) is 11.6. The highest BCUT2D eigenvalue weighted by Crippen LogP contribution is 2.34. The van der Waals surface area contributed by atoms with Crippen LogP contribution in [0.4, 0.5) is 0 Å². The van der Waals surface area contributed by atoms with Gasteiger partial charge in [0.1, 0.15) is 0 Å². The van der Waals surface area contributed by atoms with Crippen LogP contribution in [0.25, 0.3) is 22.9 Å². The molecule has 0 atom stereocenters. The van der Waals surface area contributed by atoms with Crippen molar-refractivity contribution in [2.45, 2.75) is 52.4 Å². The molecule has 1 heterocycles. The Hall–Kier alpha value is -2.42. The zero-order valence-electron chi connectivity index (χ0n) is 15.9. The maximum absolute atomic E-state index is 5.97. The molecule has 0 aliphatic rings. The number of nitrogens with zero attached hydrogens (tertiary/aromatic N) is 2. The first kappa shape index (κ1) is 17.4. The van der Waals surface area contributed by atoms with Crippen LogP contribution in [-0.4, -0.2) is 10.2 Å². The molecular weight excluding hydrogens is 308 g/mol. The molecule has 0 saturated carbocycles. The van der Waals surface area contributed by atoms with Crippen molar-refractivity contribution in [2.75, 3.05) is 0 Å². The van der Waals surface area contributed by atoms with Crippen molar-refractivity contribution in [1.82, 2.24) is 10.2 Å². The van der Waals surface area contributed by atoms with E-state index in [9.17, 15) is 0 Å². The zero-order chi connectivity index (χ0) is 18.2. The van der Waals surface area contributed by atoms with Crippen molar-refractivity contribution >= 4 is 0 Å². The Balaban J connectivity index is 2.09. The van der Waals surface area contributed by atoms with Gasteiger partial charge in [0.05, 0.1) is 0 Å². The molecule has 0 aliphatic carbocycles. The van der Waals surface area contributed by atoms with Gasteiger partial charge in [0.15, 0.2) is 0 Å². The van der Waals surface area contributed by atoms with Crippen LogP contribution in [-0.2, 0) is 10.8 Å². The molecule has 25 heavy (non-hydrogen) atoms. The van der Waals surface area contributed by atoms with Crippen LogP contribution >= 0.6 is 0 Å². The summed E-state index contributed by atoms with van der Waals surface area (Å²) in [6, 6.07) is 16.5. The van der Waals surface area contributed by atoms with Gasteiger partial charge < -0.3 is 4.42 Å². The molecule has 0 N–H and O–H groups in total. The molecule has 0 radical (unpaired) electrons. The fraction of sp³-hybridized carbons (Fsp3) is 0.364. The molecule has 3 aromatic rings.